The number of amides is 2. The Morgan fingerprint density at radius 1 is 1.03 bits per heavy atom. The van der Waals surface area contributed by atoms with Crippen LogP contribution in [0.2, 0.25) is 0 Å². The van der Waals surface area contributed by atoms with Gasteiger partial charge in [-0.25, -0.2) is 0 Å². The molecule has 1 aromatic heterocycles. The second-order valence-electron chi connectivity index (χ2n) is 9.43. The van der Waals surface area contributed by atoms with Crippen molar-refractivity contribution >= 4 is 28.4 Å². The number of nitrogens with one attached hydrogen (secondary N) is 3. The molecule has 2 amide bonds. The third-order valence-corrected chi connectivity index (χ3v) is 6.93. The maximum Gasteiger partial charge on any atom is 0.247 e. The van der Waals surface area contributed by atoms with E-state index in [9.17, 15) is 9.59 Å². The molecule has 2 heterocycles. The van der Waals surface area contributed by atoms with Crippen LogP contribution in [-0.2, 0) is 16.0 Å². The topological polar surface area (TPSA) is 92.5 Å². The highest BCUT2D eigenvalue weighted by Crippen LogP contribution is 2.33. The molecule has 1 atom stereocenters. The quantitative estimate of drug-likeness (QED) is 0.506. The lowest BCUT2D eigenvalue weighted by Gasteiger charge is -2.27. The summed E-state index contributed by atoms with van der Waals surface area (Å²) in [7, 11) is 0. The lowest BCUT2D eigenvalue weighted by atomic mass is 9.82. The molecule has 1 fully saturated rings. The van der Waals surface area contributed by atoms with E-state index in [1.165, 1.54) is 0 Å². The number of carbonyl (C=O) groups is 2. The van der Waals surface area contributed by atoms with Crippen molar-refractivity contribution in [1.82, 2.24) is 10.3 Å². The first-order valence-corrected chi connectivity index (χ1v) is 12.1. The maximum absolute atomic E-state index is 13.4. The van der Waals surface area contributed by atoms with Crippen molar-refractivity contribution in [2.75, 3.05) is 18.5 Å². The van der Waals surface area contributed by atoms with Gasteiger partial charge < -0.3 is 25.1 Å². The summed E-state index contributed by atoms with van der Waals surface area (Å²) in [6.07, 6.45) is 6.16. The van der Waals surface area contributed by atoms with Crippen LogP contribution in [0.4, 0.5) is 5.69 Å². The molecule has 1 unspecified atom stereocenters. The Hall–Kier alpha value is -3.48. The molecule has 1 saturated carbocycles. The van der Waals surface area contributed by atoms with Gasteiger partial charge in [-0.05, 0) is 55.4 Å². The van der Waals surface area contributed by atoms with Crippen molar-refractivity contribution < 1.29 is 19.1 Å². The largest absolute Gasteiger partial charge is 0.486 e. The number of aromatic amines is 1. The number of para-hydroxylation sites is 1. The Labute approximate surface area is 199 Å². The Morgan fingerprint density at radius 2 is 1.79 bits per heavy atom. The van der Waals surface area contributed by atoms with Crippen LogP contribution in [-0.4, -0.2) is 36.1 Å². The summed E-state index contributed by atoms with van der Waals surface area (Å²) in [5.41, 5.74) is 2.62. The minimum Gasteiger partial charge on any atom is -0.486 e. The number of ether oxygens (including phenoxy) is 2. The van der Waals surface area contributed by atoms with Gasteiger partial charge >= 0.3 is 0 Å². The van der Waals surface area contributed by atoms with Crippen LogP contribution < -0.4 is 20.1 Å². The molecular weight excluding hydrogens is 430 g/mol. The second-order valence-corrected chi connectivity index (χ2v) is 9.43. The minimum absolute atomic E-state index is 0.0333. The van der Waals surface area contributed by atoms with Gasteiger partial charge in [0.15, 0.2) is 11.5 Å². The number of rotatable bonds is 6. The Morgan fingerprint density at radius 3 is 2.62 bits per heavy atom. The Kier molecular flexibility index (Phi) is 6.43. The van der Waals surface area contributed by atoms with Crippen LogP contribution in [0.15, 0.2) is 48.7 Å². The summed E-state index contributed by atoms with van der Waals surface area (Å²) >= 11 is 0. The predicted molar refractivity (Wildman–Crippen MR) is 131 cm³/mol. The molecule has 3 N–H and O–H groups in total. The molecule has 7 nitrogen and oxygen atoms in total. The third-order valence-electron chi connectivity index (χ3n) is 6.93. The van der Waals surface area contributed by atoms with Crippen molar-refractivity contribution in [3.8, 4) is 11.5 Å². The SMILES string of the molecule is CC1CCC(C(=O)NC(Cc2c[nH]c3ccccc23)C(=O)Nc2ccc3c(c2)OCCO3)CC1. The molecule has 34 heavy (non-hydrogen) atoms. The molecular formula is C27H31N3O4. The van der Waals surface area contributed by atoms with Gasteiger partial charge in [-0.15, -0.1) is 0 Å². The lowest BCUT2D eigenvalue weighted by molar-refractivity contribution is -0.130. The van der Waals surface area contributed by atoms with Crippen molar-refractivity contribution in [3.05, 3.63) is 54.2 Å². The van der Waals surface area contributed by atoms with E-state index in [0.29, 0.717) is 42.7 Å². The van der Waals surface area contributed by atoms with Gasteiger partial charge in [0.2, 0.25) is 11.8 Å². The molecule has 0 spiro atoms. The Balaban J connectivity index is 1.35. The van der Waals surface area contributed by atoms with E-state index in [-0.39, 0.29) is 17.7 Å². The molecule has 0 saturated heterocycles. The van der Waals surface area contributed by atoms with Crippen molar-refractivity contribution in [3.63, 3.8) is 0 Å². The first-order valence-electron chi connectivity index (χ1n) is 12.1. The van der Waals surface area contributed by atoms with E-state index in [0.717, 1.165) is 42.1 Å². The van der Waals surface area contributed by atoms with Gasteiger partial charge in [-0.2, -0.15) is 0 Å². The number of hydrogen-bond acceptors (Lipinski definition) is 4. The van der Waals surface area contributed by atoms with Crippen molar-refractivity contribution in [2.45, 2.75) is 45.1 Å². The van der Waals surface area contributed by atoms with E-state index >= 15 is 0 Å². The lowest BCUT2D eigenvalue weighted by Crippen LogP contribution is -2.47. The highest BCUT2D eigenvalue weighted by Gasteiger charge is 2.29. The zero-order chi connectivity index (χ0) is 23.5. The van der Waals surface area contributed by atoms with Gasteiger partial charge in [0.05, 0.1) is 0 Å². The van der Waals surface area contributed by atoms with E-state index < -0.39 is 6.04 Å². The second kappa shape index (κ2) is 9.79. The number of benzene rings is 2. The number of hydrogen-bond donors (Lipinski definition) is 3. The van der Waals surface area contributed by atoms with Crippen molar-refractivity contribution in [1.29, 1.82) is 0 Å². The normalized spacial score (nSPS) is 20.5. The monoisotopic (exact) mass is 461 g/mol. The van der Waals surface area contributed by atoms with Gasteiger partial charge in [-0.1, -0.05) is 25.1 Å². The molecule has 3 aromatic rings. The van der Waals surface area contributed by atoms with E-state index in [1.54, 1.807) is 18.2 Å². The fourth-order valence-corrected chi connectivity index (χ4v) is 4.89. The van der Waals surface area contributed by atoms with Gasteiger partial charge in [-0.3, -0.25) is 9.59 Å². The van der Waals surface area contributed by atoms with Gasteiger partial charge in [0.25, 0.3) is 0 Å². The summed E-state index contributed by atoms with van der Waals surface area (Å²) in [5, 5.41) is 7.09. The number of fused-ring (bicyclic) bond motifs is 2. The predicted octanol–water partition coefficient (Wildman–Crippen LogP) is 4.43. The molecule has 2 aliphatic rings. The first kappa shape index (κ1) is 22.3. The number of carbonyl (C=O) groups excluding carboxylic acids is 2. The highest BCUT2D eigenvalue weighted by molar-refractivity contribution is 5.98. The van der Waals surface area contributed by atoms with E-state index in [2.05, 4.69) is 22.5 Å². The summed E-state index contributed by atoms with van der Waals surface area (Å²) in [4.78, 5) is 29.8. The zero-order valence-corrected chi connectivity index (χ0v) is 19.4. The van der Waals surface area contributed by atoms with Crippen LogP contribution >= 0.6 is 0 Å². The van der Waals surface area contributed by atoms with Crippen LogP contribution in [0.5, 0.6) is 11.5 Å². The summed E-state index contributed by atoms with van der Waals surface area (Å²) in [5.74, 6) is 1.61. The fraction of sp³-hybridized carbons (Fsp3) is 0.407. The molecule has 7 heteroatoms. The summed E-state index contributed by atoms with van der Waals surface area (Å²) in [6, 6.07) is 12.6. The van der Waals surface area contributed by atoms with Crippen molar-refractivity contribution in [2.24, 2.45) is 11.8 Å². The summed E-state index contributed by atoms with van der Waals surface area (Å²) < 4.78 is 11.2. The minimum atomic E-state index is -0.695. The van der Waals surface area contributed by atoms with Gasteiger partial charge in [0.1, 0.15) is 19.3 Å². The zero-order valence-electron chi connectivity index (χ0n) is 19.4. The van der Waals surface area contributed by atoms with Crippen LogP contribution in [0.1, 0.15) is 38.2 Å². The number of anilines is 1. The first-order chi connectivity index (χ1) is 16.6. The molecule has 0 bridgehead atoms. The van der Waals surface area contributed by atoms with Crippen LogP contribution in [0.3, 0.4) is 0 Å². The number of aromatic nitrogens is 1. The molecule has 5 rings (SSSR count). The van der Waals surface area contributed by atoms with Crippen LogP contribution in [0, 0.1) is 11.8 Å². The smallest absolute Gasteiger partial charge is 0.247 e. The standard InChI is InChI=1S/C27H31N3O4/c1-17-6-8-18(9-7-17)26(31)30-23(14-19-16-28-22-5-3-2-4-21(19)22)27(32)29-20-10-11-24-25(15-20)34-13-12-33-24/h2-5,10-11,15-18,23,28H,6-9,12-14H2,1H3,(H,29,32)(H,30,31). The molecule has 1 aliphatic heterocycles. The third kappa shape index (κ3) is 4.88. The average molecular weight is 462 g/mol. The highest BCUT2D eigenvalue weighted by atomic mass is 16.6. The molecule has 178 valence electrons. The van der Waals surface area contributed by atoms with Crippen LogP contribution in [0.25, 0.3) is 10.9 Å². The Bertz CT molecular complexity index is 1180. The van der Waals surface area contributed by atoms with Gasteiger partial charge in [0, 0.05) is 41.2 Å². The fourth-order valence-electron chi connectivity index (χ4n) is 4.89. The summed E-state index contributed by atoms with van der Waals surface area (Å²) in [6.45, 7) is 3.22. The average Bonchev–Trinajstić information content (AvgIpc) is 3.26. The molecule has 2 aromatic carbocycles. The maximum atomic E-state index is 13.4. The van der Waals surface area contributed by atoms with E-state index in [1.807, 2.05) is 30.5 Å². The van der Waals surface area contributed by atoms with E-state index in [4.69, 9.17) is 9.47 Å². The molecule has 0 radical (unpaired) electrons. The number of H-pyrrole nitrogens is 1. The molecule has 1 aliphatic carbocycles.